The zero-order chi connectivity index (χ0) is 10.9. The van der Waals surface area contributed by atoms with Crippen molar-refractivity contribution >= 4 is 12.4 Å². The van der Waals surface area contributed by atoms with Crippen LogP contribution in [0.15, 0.2) is 4.79 Å². The van der Waals surface area contributed by atoms with E-state index in [0.29, 0.717) is 11.4 Å². The van der Waals surface area contributed by atoms with Crippen molar-refractivity contribution in [3.05, 3.63) is 15.8 Å². The van der Waals surface area contributed by atoms with E-state index < -0.39 is 11.2 Å². The summed E-state index contributed by atoms with van der Waals surface area (Å²) >= 11 is 0. The number of ether oxygens (including phenoxy) is 2. The molecule has 6 heteroatoms. The normalized spacial score (nSPS) is 9.33. The minimum absolute atomic E-state index is 0. The summed E-state index contributed by atoms with van der Waals surface area (Å²) in [5.74, 6) is 0.0791. The van der Waals surface area contributed by atoms with Crippen molar-refractivity contribution in [1.29, 1.82) is 0 Å². The Morgan fingerprint density at radius 1 is 1.20 bits per heavy atom. The first-order valence-corrected chi connectivity index (χ1v) is 4.05. The molecule has 1 aromatic heterocycles. The number of hydrogen-bond donors (Lipinski definition) is 1. The van der Waals surface area contributed by atoms with Crippen LogP contribution in [0.4, 0.5) is 0 Å². The highest BCUT2D eigenvalue weighted by atomic mass is 35.5. The number of nitrogens with zero attached hydrogens (tertiary/aromatic N) is 1. The maximum Gasteiger partial charge on any atom is 0.243 e. The minimum Gasteiger partial charge on any atom is -0.500 e. The summed E-state index contributed by atoms with van der Waals surface area (Å²) in [5, 5.41) is 9.47. The van der Waals surface area contributed by atoms with Crippen molar-refractivity contribution in [3.63, 3.8) is 0 Å². The molecular weight excluding hydrogens is 222 g/mol. The fourth-order valence-corrected chi connectivity index (χ4v) is 1.40. The van der Waals surface area contributed by atoms with Crippen molar-refractivity contribution in [2.24, 2.45) is 7.05 Å². The lowest BCUT2D eigenvalue weighted by atomic mass is 10.2. The van der Waals surface area contributed by atoms with Crippen LogP contribution in [0, 0.1) is 6.92 Å². The van der Waals surface area contributed by atoms with Crippen LogP contribution in [0.2, 0.25) is 0 Å². The molecule has 0 spiro atoms. The van der Waals surface area contributed by atoms with E-state index in [2.05, 4.69) is 0 Å². The fourth-order valence-electron chi connectivity index (χ4n) is 1.40. The molecule has 5 nitrogen and oxygen atoms in total. The van der Waals surface area contributed by atoms with Gasteiger partial charge in [-0.05, 0) is 6.92 Å². The number of aromatic hydroxyl groups is 1. The van der Waals surface area contributed by atoms with Crippen molar-refractivity contribution in [3.8, 4) is 17.5 Å². The lowest BCUT2D eigenvalue weighted by Gasteiger charge is -2.15. The molecule has 0 aliphatic heterocycles. The largest absolute Gasteiger partial charge is 0.500 e. The molecule has 1 heterocycles. The molecule has 0 radical (unpaired) electrons. The zero-order valence-electron chi connectivity index (χ0n) is 9.03. The summed E-state index contributed by atoms with van der Waals surface area (Å²) < 4.78 is 11.4. The van der Waals surface area contributed by atoms with Gasteiger partial charge in [0.15, 0.2) is 0 Å². The molecule has 0 bridgehead atoms. The first-order valence-electron chi connectivity index (χ1n) is 4.05. The van der Waals surface area contributed by atoms with Gasteiger partial charge in [0.05, 0.1) is 19.8 Å². The molecule has 1 N–H and O–H groups in total. The van der Waals surface area contributed by atoms with Gasteiger partial charge in [-0.15, -0.1) is 12.4 Å². The molecule has 0 unspecified atom stereocenters. The predicted octanol–water partition coefficient (Wildman–Crippen LogP) is 0.838. The standard InChI is InChI=1S/C9H13NO4.ClH/c1-5-6(11)7(12)9(14-4)10(2)8(5)13-3;/h12H,1-4H3;1H. The second-order valence-corrected chi connectivity index (χ2v) is 2.88. The van der Waals surface area contributed by atoms with E-state index in [4.69, 9.17) is 9.47 Å². The number of aromatic nitrogens is 1. The lowest BCUT2D eigenvalue weighted by Crippen LogP contribution is -2.14. The monoisotopic (exact) mass is 235 g/mol. The Bertz CT molecular complexity index is 379. The van der Waals surface area contributed by atoms with Crippen molar-refractivity contribution in [2.45, 2.75) is 6.92 Å². The average Bonchev–Trinajstić information content (AvgIpc) is 2.16. The van der Waals surface area contributed by atoms with Crippen molar-refractivity contribution in [1.82, 2.24) is 4.57 Å². The van der Waals surface area contributed by atoms with Gasteiger partial charge >= 0.3 is 0 Å². The van der Waals surface area contributed by atoms with Crippen LogP contribution in [0.25, 0.3) is 0 Å². The SMILES string of the molecule is COc1c(C)c(=O)c(O)c(OC)n1C.Cl. The molecule has 0 saturated carbocycles. The summed E-state index contributed by atoms with van der Waals surface area (Å²) in [4.78, 5) is 11.5. The minimum atomic E-state index is -0.475. The maximum absolute atomic E-state index is 11.5. The van der Waals surface area contributed by atoms with Gasteiger partial charge in [0.1, 0.15) is 0 Å². The van der Waals surface area contributed by atoms with Gasteiger partial charge in [-0.3, -0.25) is 9.36 Å². The molecule has 0 aliphatic rings. The molecular formula is C9H14ClNO4. The second-order valence-electron chi connectivity index (χ2n) is 2.88. The number of halogens is 1. The molecule has 0 aliphatic carbocycles. The van der Waals surface area contributed by atoms with Gasteiger partial charge in [-0.1, -0.05) is 0 Å². The molecule has 15 heavy (non-hydrogen) atoms. The molecule has 0 atom stereocenters. The van der Waals surface area contributed by atoms with Gasteiger partial charge in [0.2, 0.25) is 22.9 Å². The number of rotatable bonds is 2. The summed E-state index contributed by atoms with van der Waals surface area (Å²) in [6, 6.07) is 0. The van der Waals surface area contributed by atoms with Gasteiger partial charge in [-0.25, -0.2) is 0 Å². The first kappa shape index (κ1) is 13.6. The third kappa shape index (κ3) is 2.02. The summed E-state index contributed by atoms with van der Waals surface area (Å²) in [7, 11) is 4.48. The highest BCUT2D eigenvalue weighted by Crippen LogP contribution is 2.27. The molecule has 1 aromatic rings. The van der Waals surface area contributed by atoms with Gasteiger partial charge < -0.3 is 14.6 Å². The van der Waals surface area contributed by atoms with E-state index in [1.165, 1.54) is 18.8 Å². The van der Waals surface area contributed by atoms with Crippen molar-refractivity contribution < 1.29 is 14.6 Å². The number of pyridine rings is 1. The quantitative estimate of drug-likeness (QED) is 0.825. The van der Waals surface area contributed by atoms with Crippen LogP contribution >= 0.6 is 12.4 Å². The Balaban J connectivity index is 0.00000196. The maximum atomic E-state index is 11.5. The molecule has 0 amide bonds. The molecule has 0 aromatic carbocycles. The average molecular weight is 236 g/mol. The molecule has 0 saturated heterocycles. The Hall–Kier alpha value is -1.36. The van der Waals surface area contributed by atoms with E-state index in [-0.39, 0.29) is 18.3 Å². The van der Waals surface area contributed by atoms with E-state index >= 15 is 0 Å². The van der Waals surface area contributed by atoms with Crippen LogP contribution in [0.3, 0.4) is 0 Å². The van der Waals surface area contributed by atoms with Crippen LogP contribution in [-0.4, -0.2) is 23.9 Å². The van der Waals surface area contributed by atoms with Gasteiger partial charge in [-0.2, -0.15) is 0 Å². The molecule has 0 fully saturated rings. The zero-order valence-corrected chi connectivity index (χ0v) is 9.84. The summed E-state index contributed by atoms with van der Waals surface area (Å²) in [6.45, 7) is 1.58. The van der Waals surface area contributed by atoms with E-state index in [1.807, 2.05) is 0 Å². The Labute approximate surface area is 93.7 Å². The highest BCUT2D eigenvalue weighted by molar-refractivity contribution is 5.85. The number of hydrogen-bond acceptors (Lipinski definition) is 4. The van der Waals surface area contributed by atoms with Gasteiger partial charge in [0.25, 0.3) is 0 Å². The highest BCUT2D eigenvalue weighted by Gasteiger charge is 2.17. The number of methoxy groups -OCH3 is 2. The van der Waals surface area contributed by atoms with Crippen LogP contribution in [-0.2, 0) is 7.05 Å². The van der Waals surface area contributed by atoms with E-state index in [1.54, 1.807) is 14.0 Å². The lowest BCUT2D eigenvalue weighted by molar-refractivity contribution is 0.309. The van der Waals surface area contributed by atoms with Gasteiger partial charge in [0, 0.05) is 7.05 Å². The smallest absolute Gasteiger partial charge is 0.243 e. The molecule has 1 rings (SSSR count). The van der Waals surface area contributed by atoms with E-state index in [0.717, 1.165) is 0 Å². The van der Waals surface area contributed by atoms with Crippen molar-refractivity contribution in [2.75, 3.05) is 14.2 Å². The Kier molecular flexibility index (Phi) is 4.48. The summed E-state index contributed by atoms with van der Waals surface area (Å²) in [5.41, 5.74) is -0.120. The topological polar surface area (TPSA) is 60.7 Å². The Morgan fingerprint density at radius 3 is 2.07 bits per heavy atom. The fraction of sp³-hybridized carbons (Fsp3) is 0.444. The Morgan fingerprint density at radius 2 is 1.67 bits per heavy atom. The van der Waals surface area contributed by atoms with E-state index in [9.17, 15) is 9.90 Å². The van der Waals surface area contributed by atoms with Crippen LogP contribution in [0.5, 0.6) is 17.5 Å². The van der Waals surface area contributed by atoms with Crippen LogP contribution < -0.4 is 14.9 Å². The summed E-state index contributed by atoms with van der Waals surface area (Å²) in [6.07, 6.45) is 0. The third-order valence-corrected chi connectivity index (χ3v) is 2.08. The molecule has 86 valence electrons. The predicted molar refractivity (Wildman–Crippen MR) is 58.4 cm³/mol. The third-order valence-electron chi connectivity index (χ3n) is 2.08. The first-order chi connectivity index (χ1) is 6.54. The second kappa shape index (κ2) is 4.93. The van der Waals surface area contributed by atoms with Crippen LogP contribution in [0.1, 0.15) is 5.56 Å².